The smallest absolute Gasteiger partial charge is 0.108 e. The zero-order valence-electron chi connectivity index (χ0n) is 11.0. The first-order chi connectivity index (χ1) is 7.75. The third-order valence-corrected chi connectivity index (χ3v) is 3.94. The fraction of sp³-hybridized carbons (Fsp3) is 0.769. The molecule has 3 nitrogen and oxygen atoms in total. The highest BCUT2D eigenvalue weighted by Crippen LogP contribution is 2.50. The molecular weight excluding hydrogens is 236 g/mol. The Morgan fingerprint density at radius 3 is 2.53 bits per heavy atom. The standard InChI is InChI=1S/C13H21ClN2O/c1-9(2)16-11(10(14)7-15-16)13(17)6-5-12(3,4)8-13/h7,9,17H,5-6,8H2,1-4H3. The SMILES string of the molecule is CC(C)n1ncc(Cl)c1C1(O)CCC(C)(C)C1. The Morgan fingerprint density at radius 2 is 2.06 bits per heavy atom. The number of nitrogens with zero attached hydrogens (tertiary/aromatic N) is 2. The third-order valence-electron chi connectivity index (χ3n) is 3.67. The Labute approximate surface area is 108 Å². The maximum Gasteiger partial charge on any atom is 0.108 e. The van der Waals surface area contributed by atoms with E-state index < -0.39 is 5.60 Å². The van der Waals surface area contributed by atoms with Gasteiger partial charge in [-0.3, -0.25) is 4.68 Å². The molecule has 1 atom stereocenters. The van der Waals surface area contributed by atoms with E-state index in [-0.39, 0.29) is 11.5 Å². The molecule has 1 saturated carbocycles. The quantitative estimate of drug-likeness (QED) is 0.879. The Kier molecular flexibility index (Phi) is 3.03. The van der Waals surface area contributed by atoms with Gasteiger partial charge in [-0.15, -0.1) is 0 Å². The van der Waals surface area contributed by atoms with Crippen LogP contribution in [0.1, 0.15) is 58.7 Å². The molecule has 0 bridgehead atoms. The van der Waals surface area contributed by atoms with Crippen LogP contribution in [-0.2, 0) is 5.60 Å². The molecule has 1 aromatic rings. The van der Waals surface area contributed by atoms with Crippen molar-refractivity contribution in [2.75, 3.05) is 0 Å². The summed E-state index contributed by atoms with van der Waals surface area (Å²) in [4.78, 5) is 0. The van der Waals surface area contributed by atoms with E-state index in [1.165, 1.54) is 0 Å². The number of aliphatic hydroxyl groups is 1. The lowest BCUT2D eigenvalue weighted by Crippen LogP contribution is -2.28. The monoisotopic (exact) mass is 256 g/mol. The molecule has 1 aliphatic carbocycles. The Hall–Kier alpha value is -0.540. The molecule has 1 fully saturated rings. The van der Waals surface area contributed by atoms with Crippen LogP contribution in [0.3, 0.4) is 0 Å². The summed E-state index contributed by atoms with van der Waals surface area (Å²) in [6.45, 7) is 8.48. The topological polar surface area (TPSA) is 38.0 Å². The summed E-state index contributed by atoms with van der Waals surface area (Å²) in [5.41, 5.74) is 0.144. The molecule has 0 spiro atoms. The van der Waals surface area contributed by atoms with Crippen LogP contribution in [0.25, 0.3) is 0 Å². The minimum Gasteiger partial charge on any atom is -0.383 e. The predicted octanol–water partition coefficient (Wildman–Crippen LogP) is 3.52. The van der Waals surface area contributed by atoms with Crippen molar-refractivity contribution in [3.05, 3.63) is 16.9 Å². The molecule has 0 radical (unpaired) electrons. The molecule has 1 heterocycles. The zero-order chi connectivity index (χ0) is 12.8. The summed E-state index contributed by atoms with van der Waals surface area (Å²) in [7, 11) is 0. The fourth-order valence-corrected chi connectivity index (χ4v) is 3.19. The van der Waals surface area contributed by atoms with E-state index in [1.54, 1.807) is 6.20 Å². The zero-order valence-corrected chi connectivity index (χ0v) is 11.8. The van der Waals surface area contributed by atoms with Gasteiger partial charge in [0.2, 0.25) is 0 Å². The lowest BCUT2D eigenvalue weighted by Gasteiger charge is -2.27. The first-order valence-electron chi connectivity index (χ1n) is 6.21. The van der Waals surface area contributed by atoms with Gasteiger partial charge in [-0.25, -0.2) is 0 Å². The van der Waals surface area contributed by atoms with Crippen molar-refractivity contribution in [3.63, 3.8) is 0 Å². The van der Waals surface area contributed by atoms with E-state index >= 15 is 0 Å². The van der Waals surface area contributed by atoms with Gasteiger partial charge < -0.3 is 5.11 Å². The largest absolute Gasteiger partial charge is 0.383 e. The van der Waals surface area contributed by atoms with Crippen LogP contribution in [-0.4, -0.2) is 14.9 Å². The van der Waals surface area contributed by atoms with Crippen molar-refractivity contribution in [2.45, 2.75) is 58.6 Å². The summed E-state index contributed by atoms with van der Waals surface area (Å²) < 4.78 is 1.85. The Morgan fingerprint density at radius 1 is 1.41 bits per heavy atom. The van der Waals surface area contributed by atoms with Crippen LogP contribution < -0.4 is 0 Å². The summed E-state index contributed by atoms with van der Waals surface area (Å²) >= 11 is 6.21. The summed E-state index contributed by atoms with van der Waals surface area (Å²) in [6.07, 6.45) is 4.17. The van der Waals surface area contributed by atoms with Crippen molar-refractivity contribution in [1.82, 2.24) is 9.78 Å². The van der Waals surface area contributed by atoms with Crippen LogP contribution in [0.15, 0.2) is 6.20 Å². The highest BCUT2D eigenvalue weighted by Gasteiger charge is 2.46. The van der Waals surface area contributed by atoms with E-state index in [2.05, 4.69) is 32.8 Å². The summed E-state index contributed by atoms with van der Waals surface area (Å²) in [5.74, 6) is 0. The van der Waals surface area contributed by atoms with Crippen LogP contribution in [0.5, 0.6) is 0 Å². The molecule has 0 saturated heterocycles. The van der Waals surface area contributed by atoms with Crippen molar-refractivity contribution >= 4 is 11.6 Å². The normalized spacial score (nSPS) is 27.9. The first kappa shape index (κ1) is 12.9. The van der Waals surface area contributed by atoms with Crippen LogP contribution in [0, 0.1) is 5.41 Å². The van der Waals surface area contributed by atoms with Crippen LogP contribution in [0.4, 0.5) is 0 Å². The molecule has 0 amide bonds. The van der Waals surface area contributed by atoms with Crippen LogP contribution in [0.2, 0.25) is 5.02 Å². The Balaban J connectivity index is 2.44. The van der Waals surface area contributed by atoms with Crippen LogP contribution >= 0.6 is 11.6 Å². The molecular formula is C13H21ClN2O. The van der Waals surface area contributed by atoms with E-state index in [0.29, 0.717) is 5.02 Å². The lowest BCUT2D eigenvalue weighted by atomic mass is 9.88. The second-order valence-electron chi connectivity index (χ2n) is 6.25. The minimum atomic E-state index is -0.818. The fourth-order valence-electron chi connectivity index (χ4n) is 2.88. The molecule has 1 aliphatic rings. The molecule has 17 heavy (non-hydrogen) atoms. The molecule has 2 rings (SSSR count). The first-order valence-corrected chi connectivity index (χ1v) is 6.59. The van der Waals surface area contributed by atoms with E-state index in [9.17, 15) is 5.11 Å². The molecule has 4 heteroatoms. The minimum absolute atomic E-state index is 0.171. The van der Waals surface area contributed by atoms with E-state index in [4.69, 9.17) is 11.6 Å². The molecule has 1 aromatic heterocycles. The van der Waals surface area contributed by atoms with Gasteiger partial charge in [-0.05, 0) is 38.5 Å². The number of hydrogen-bond acceptors (Lipinski definition) is 2. The van der Waals surface area contributed by atoms with Gasteiger partial charge >= 0.3 is 0 Å². The molecule has 0 aromatic carbocycles. The second-order valence-corrected chi connectivity index (χ2v) is 6.66. The average Bonchev–Trinajstić information content (AvgIpc) is 2.68. The third kappa shape index (κ3) is 2.23. The highest BCUT2D eigenvalue weighted by molar-refractivity contribution is 6.31. The number of aromatic nitrogens is 2. The van der Waals surface area contributed by atoms with Gasteiger partial charge in [0, 0.05) is 6.04 Å². The maximum absolute atomic E-state index is 10.9. The van der Waals surface area contributed by atoms with Gasteiger partial charge in [0.25, 0.3) is 0 Å². The van der Waals surface area contributed by atoms with Crippen molar-refractivity contribution in [1.29, 1.82) is 0 Å². The maximum atomic E-state index is 10.9. The van der Waals surface area contributed by atoms with Crippen molar-refractivity contribution < 1.29 is 5.11 Å². The summed E-state index contributed by atoms with van der Waals surface area (Å²) in [5, 5.41) is 15.7. The van der Waals surface area contributed by atoms with Gasteiger partial charge in [-0.1, -0.05) is 25.4 Å². The Bertz CT molecular complexity index is 425. The molecule has 96 valence electrons. The average molecular weight is 257 g/mol. The van der Waals surface area contributed by atoms with Gasteiger partial charge in [0.1, 0.15) is 5.60 Å². The lowest BCUT2D eigenvalue weighted by molar-refractivity contribution is 0.0238. The highest BCUT2D eigenvalue weighted by atomic mass is 35.5. The molecule has 1 unspecified atom stereocenters. The van der Waals surface area contributed by atoms with Gasteiger partial charge in [0.15, 0.2) is 0 Å². The van der Waals surface area contributed by atoms with Gasteiger partial charge in [0.05, 0.1) is 16.9 Å². The molecule has 1 N–H and O–H groups in total. The van der Waals surface area contributed by atoms with Crippen molar-refractivity contribution in [2.24, 2.45) is 5.41 Å². The second kappa shape index (κ2) is 3.99. The van der Waals surface area contributed by atoms with E-state index in [1.807, 2.05) is 4.68 Å². The molecule has 0 aliphatic heterocycles. The summed E-state index contributed by atoms with van der Waals surface area (Å²) in [6, 6.07) is 0.213. The number of halogens is 1. The predicted molar refractivity (Wildman–Crippen MR) is 69.2 cm³/mol. The van der Waals surface area contributed by atoms with E-state index in [0.717, 1.165) is 25.0 Å². The van der Waals surface area contributed by atoms with Gasteiger partial charge in [-0.2, -0.15) is 5.10 Å². The number of rotatable bonds is 2. The number of hydrogen-bond donors (Lipinski definition) is 1. The van der Waals surface area contributed by atoms with Crippen molar-refractivity contribution in [3.8, 4) is 0 Å².